The topological polar surface area (TPSA) is 77.8 Å². The standard InChI is InChI=1S/C27H25NO5/c1-4-19-8-10-20(11-9-19)33-25-15-32-24-14-21(12-13-22(24)27(25)30)31-16-26(29)28-23-7-5-6-17(2)18(23)3/h5-15H,4,16H2,1-3H3,(H,28,29). The van der Waals surface area contributed by atoms with Crippen LogP contribution in [0.2, 0.25) is 0 Å². The lowest BCUT2D eigenvalue weighted by molar-refractivity contribution is -0.118. The SMILES string of the molecule is CCc1ccc(Oc2coc3cc(OCC(=O)Nc4cccc(C)c4C)ccc3c2=O)cc1. The Kier molecular flexibility index (Phi) is 6.45. The fraction of sp³-hybridized carbons (Fsp3) is 0.185. The summed E-state index contributed by atoms with van der Waals surface area (Å²) in [5.41, 5.74) is 4.11. The molecule has 6 heteroatoms. The highest BCUT2D eigenvalue weighted by atomic mass is 16.5. The second-order valence-corrected chi connectivity index (χ2v) is 7.77. The second-order valence-electron chi connectivity index (χ2n) is 7.77. The average Bonchev–Trinajstić information content (AvgIpc) is 2.83. The van der Waals surface area contributed by atoms with Gasteiger partial charge in [-0.05, 0) is 67.3 Å². The van der Waals surface area contributed by atoms with Crippen LogP contribution in [0.25, 0.3) is 11.0 Å². The first-order chi connectivity index (χ1) is 15.9. The third-order valence-electron chi connectivity index (χ3n) is 5.52. The number of aryl methyl sites for hydroxylation is 2. The van der Waals surface area contributed by atoms with Gasteiger partial charge in [-0.25, -0.2) is 0 Å². The number of hydrogen-bond acceptors (Lipinski definition) is 5. The number of rotatable bonds is 7. The van der Waals surface area contributed by atoms with E-state index in [1.165, 1.54) is 11.8 Å². The van der Waals surface area contributed by atoms with Crippen LogP contribution in [0.4, 0.5) is 5.69 Å². The van der Waals surface area contributed by atoms with Crippen molar-refractivity contribution in [2.75, 3.05) is 11.9 Å². The third-order valence-corrected chi connectivity index (χ3v) is 5.52. The van der Waals surface area contributed by atoms with Crippen molar-refractivity contribution < 1.29 is 18.7 Å². The van der Waals surface area contributed by atoms with Gasteiger partial charge in [0, 0.05) is 11.8 Å². The average molecular weight is 443 g/mol. The van der Waals surface area contributed by atoms with Crippen molar-refractivity contribution in [2.24, 2.45) is 0 Å². The van der Waals surface area contributed by atoms with E-state index in [9.17, 15) is 9.59 Å². The monoisotopic (exact) mass is 443 g/mol. The van der Waals surface area contributed by atoms with Crippen molar-refractivity contribution in [2.45, 2.75) is 27.2 Å². The maximum atomic E-state index is 12.8. The lowest BCUT2D eigenvalue weighted by Crippen LogP contribution is -2.20. The highest BCUT2D eigenvalue weighted by Crippen LogP contribution is 2.24. The number of nitrogens with one attached hydrogen (secondary N) is 1. The Balaban J connectivity index is 1.44. The molecule has 1 heterocycles. The predicted molar refractivity (Wildman–Crippen MR) is 128 cm³/mol. The summed E-state index contributed by atoms with van der Waals surface area (Å²) in [6.07, 6.45) is 2.21. The number of carbonyl (C=O) groups is 1. The van der Waals surface area contributed by atoms with Gasteiger partial charge in [0.1, 0.15) is 23.3 Å². The largest absolute Gasteiger partial charge is 0.484 e. The number of amides is 1. The molecule has 0 saturated carbocycles. The molecule has 6 nitrogen and oxygen atoms in total. The number of anilines is 1. The van der Waals surface area contributed by atoms with Crippen LogP contribution in [0.5, 0.6) is 17.2 Å². The molecule has 3 aromatic carbocycles. The van der Waals surface area contributed by atoms with Crippen molar-refractivity contribution in [1.29, 1.82) is 0 Å². The quantitative estimate of drug-likeness (QED) is 0.392. The van der Waals surface area contributed by atoms with Crippen molar-refractivity contribution >= 4 is 22.6 Å². The summed E-state index contributed by atoms with van der Waals surface area (Å²) < 4.78 is 16.9. The van der Waals surface area contributed by atoms with Gasteiger partial charge in [0.05, 0.1) is 5.39 Å². The number of hydrogen-bond donors (Lipinski definition) is 1. The van der Waals surface area contributed by atoms with E-state index in [2.05, 4.69) is 12.2 Å². The smallest absolute Gasteiger partial charge is 0.262 e. The summed E-state index contributed by atoms with van der Waals surface area (Å²) in [5, 5.41) is 3.22. The number of benzene rings is 3. The number of carbonyl (C=O) groups excluding carboxylic acids is 1. The van der Waals surface area contributed by atoms with E-state index in [1.54, 1.807) is 18.2 Å². The van der Waals surface area contributed by atoms with Crippen molar-refractivity contribution in [3.05, 3.63) is 93.8 Å². The van der Waals surface area contributed by atoms with Crippen LogP contribution in [0, 0.1) is 13.8 Å². The maximum absolute atomic E-state index is 12.8. The van der Waals surface area contributed by atoms with E-state index >= 15 is 0 Å². The molecule has 0 spiro atoms. The molecule has 1 aromatic heterocycles. The van der Waals surface area contributed by atoms with Crippen LogP contribution < -0.4 is 20.2 Å². The van der Waals surface area contributed by atoms with Gasteiger partial charge in [0.2, 0.25) is 11.2 Å². The summed E-state index contributed by atoms with van der Waals surface area (Å²) in [5.74, 6) is 0.815. The van der Waals surface area contributed by atoms with E-state index in [0.717, 1.165) is 23.2 Å². The Labute approximate surface area is 191 Å². The molecular formula is C27H25NO5. The van der Waals surface area contributed by atoms with E-state index in [-0.39, 0.29) is 23.7 Å². The molecule has 33 heavy (non-hydrogen) atoms. The summed E-state index contributed by atoms with van der Waals surface area (Å²) in [4.78, 5) is 25.1. The van der Waals surface area contributed by atoms with E-state index in [0.29, 0.717) is 22.5 Å². The Morgan fingerprint density at radius 2 is 1.76 bits per heavy atom. The molecule has 0 bridgehead atoms. The van der Waals surface area contributed by atoms with Gasteiger partial charge >= 0.3 is 0 Å². The molecule has 0 fully saturated rings. The Morgan fingerprint density at radius 3 is 2.52 bits per heavy atom. The summed E-state index contributed by atoms with van der Waals surface area (Å²) in [6.45, 7) is 5.85. The Hall–Kier alpha value is -4.06. The van der Waals surface area contributed by atoms with Gasteiger partial charge in [-0.2, -0.15) is 0 Å². The van der Waals surface area contributed by atoms with Gasteiger partial charge < -0.3 is 19.2 Å². The van der Waals surface area contributed by atoms with Crippen LogP contribution in [0.3, 0.4) is 0 Å². The van der Waals surface area contributed by atoms with Crippen molar-refractivity contribution in [1.82, 2.24) is 0 Å². The molecule has 0 saturated heterocycles. The van der Waals surface area contributed by atoms with Crippen molar-refractivity contribution in [3.8, 4) is 17.2 Å². The minimum Gasteiger partial charge on any atom is -0.484 e. The molecular weight excluding hydrogens is 418 g/mol. The van der Waals surface area contributed by atoms with Crippen molar-refractivity contribution in [3.63, 3.8) is 0 Å². The first-order valence-corrected chi connectivity index (χ1v) is 10.8. The Morgan fingerprint density at radius 1 is 1.00 bits per heavy atom. The lowest BCUT2D eigenvalue weighted by atomic mass is 10.1. The molecule has 0 aliphatic heterocycles. The predicted octanol–water partition coefficient (Wildman–Crippen LogP) is 5.78. The zero-order valence-electron chi connectivity index (χ0n) is 18.8. The third kappa shape index (κ3) is 5.06. The molecule has 0 unspecified atom stereocenters. The van der Waals surface area contributed by atoms with E-state index in [1.807, 2.05) is 56.3 Å². The molecule has 4 rings (SSSR count). The normalized spacial score (nSPS) is 10.8. The fourth-order valence-corrected chi connectivity index (χ4v) is 3.39. The first kappa shape index (κ1) is 22.1. The highest BCUT2D eigenvalue weighted by Gasteiger charge is 2.12. The van der Waals surface area contributed by atoms with Crippen LogP contribution >= 0.6 is 0 Å². The van der Waals surface area contributed by atoms with Gasteiger partial charge in [-0.15, -0.1) is 0 Å². The van der Waals surface area contributed by atoms with Gasteiger partial charge in [0.25, 0.3) is 5.91 Å². The molecule has 0 aliphatic rings. The summed E-state index contributed by atoms with van der Waals surface area (Å²) in [6, 6.07) is 18.1. The van der Waals surface area contributed by atoms with Gasteiger partial charge in [0.15, 0.2) is 6.61 Å². The molecule has 168 valence electrons. The zero-order valence-corrected chi connectivity index (χ0v) is 18.8. The molecule has 4 aromatic rings. The minimum absolute atomic E-state index is 0.105. The molecule has 0 aliphatic carbocycles. The van der Waals surface area contributed by atoms with E-state index < -0.39 is 0 Å². The maximum Gasteiger partial charge on any atom is 0.262 e. The van der Waals surface area contributed by atoms with Gasteiger partial charge in [-0.3, -0.25) is 9.59 Å². The first-order valence-electron chi connectivity index (χ1n) is 10.8. The van der Waals surface area contributed by atoms with Crippen LogP contribution in [0.15, 0.2) is 76.1 Å². The van der Waals surface area contributed by atoms with E-state index in [4.69, 9.17) is 13.9 Å². The van der Waals surface area contributed by atoms with Crippen LogP contribution in [-0.4, -0.2) is 12.5 Å². The van der Waals surface area contributed by atoms with Crippen LogP contribution in [0.1, 0.15) is 23.6 Å². The highest BCUT2D eigenvalue weighted by molar-refractivity contribution is 5.92. The molecule has 0 radical (unpaired) electrons. The summed E-state index contributed by atoms with van der Waals surface area (Å²) >= 11 is 0. The minimum atomic E-state index is -0.282. The Bertz CT molecular complexity index is 1360. The lowest BCUT2D eigenvalue weighted by Gasteiger charge is -2.11. The number of ether oxygens (including phenoxy) is 2. The van der Waals surface area contributed by atoms with Gasteiger partial charge in [-0.1, -0.05) is 31.2 Å². The molecule has 1 amide bonds. The molecule has 1 N–H and O–H groups in total. The number of fused-ring (bicyclic) bond motifs is 1. The zero-order chi connectivity index (χ0) is 23.4. The fourth-order valence-electron chi connectivity index (χ4n) is 3.39. The second kappa shape index (κ2) is 9.61. The molecule has 0 atom stereocenters. The summed E-state index contributed by atoms with van der Waals surface area (Å²) in [7, 11) is 0. The van der Waals surface area contributed by atoms with Crippen LogP contribution in [-0.2, 0) is 11.2 Å².